The minimum Gasteiger partial charge on any atom is -0.366 e. The molecule has 3 aromatic carbocycles. The van der Waals surface area contributed by atoms with Crippen LogP contribution in [0.1, 0.15) is 17.3 Å². The molecule has 4 N–H and O–H groups in total. The summed E-state index contributed by atoms with van der Waals surface area (Å²) < 4.78 is 24.3. The minimum absolute atomic E-state index is 0.0341. The lowest BCUT2D eigenvalue weighted by Gasteiger charge is -2.11. The van der Waals surface area contributed by atoms with Crippen LogP contribution < -0.4 is 16.4 Å². The first-order valence-corrected chi connectivity index (χ1v) is 12.2. The molecule has 1 amide bonds. The fourth-order valence-electron chi connectivity index (χ4n) is 3.33. The molecule has 0 unspecified atom stereocenters. The molecule has 172 valence electrons. The second-order valence-electron chi connectivity index (χ2n) is 7.49. The van der Waals surface area contributed by atoms with Crippen molar-refractivity contribution in [2.45, 2.75) is 11.8 Å². The highest BCUT2D eigenvalue weighted by molar-refractivity contribution is 7.91. The largest absolute Gasteiger partial charge is 0.366 e. The molecule has 0 spiro atoms. The van der Waals surface area contributed by atoms with Gasteiger partial charge in [0.2, 0.25) is 5.91 Å². The smallest absolute Gasteiger partial charge is 0.248 e. The molecule has 34 heavy (non-hydrogen) atoms. The van der Waals surface area contributed by atoms with Gasteiger partial charge in [-0.1, -0.05) is 37.3 Å². The van der Waals surface area contributed by atoms with Crippen LogP contribution in [0.5, 0.6) is 0 Å². The molecule has 0 aliphatic heterocycles. The maximum atomic E-state index is 12.2. The average molecular weight is 474 g/mol. The predicted molar refractivity (Wildman–Crippen MR) is 133 cm³/mol. The van der Waals surface area contributed by atoms with E-state index in [0.717, 1.165) is 16.8 Å². The van der Waals surface area contributed by atoms with Crippen molar-refractivity contribution in [3.05, 3.63) is 90.8 Å². The number of carbonyl (C=O) groups excluding carboxylic acids is 1. The van der Waals surface area contributed by atoms with Gasteiger partial charge in [-0.05, 0) is 53.6 Å². The molecule has 0 bridgehead atoms. The quantitative estimate of drug-likeness (QED) is 0.343. The highest BCUT2D eigenvalue weighted by Gasteiger charge is 2.12. The lowest BCUT2D eigenvalue weighted by atomic mass is 10.0. The van der Waals surface area contributed by atoms with Crippen LogP contribution in [0.15, 0.2) is 90.1 Å². The van der Waals surface area contributed by atoms with Gasteiger partial charge in [0.1, 0.15) is 18.0 Å². The number of hydrogen-bond acceptors (Lipinski definition) is 7. The third kappa shape index (κ3) is 5.38. The summed E-state index contributed by atoms with van der Waals surface area (Å²) in [4.78, 5) is 20.0. The number of benzene rings is 3. The number of anilines is 4. The molecule has 0 fully saturated rings. The van der Waals surface area contributed by atoms with Crippen molar-refractivity contribution in [3.8, 4) is 11.1 Å². The Kier molecular flexibility index (Phi) is 6.55. The van der Waals surface area contributed by atoms with Crippen molar-refractivity contribution in [1.82, 2.24) is 9.97 Å². The first-order valence-electron chi connectivity index (χ1n) is 10.5. The molecule has 4 rings (SSSR count). The van der Waals surface area contributed by atoms with E-state index < -0.39 is 15.7 Å². The van der Waals surface area contributed by atoms with Crippen LogP contribution in [-0.4, -0.2) is 30.0 Å². The Labute approximate surface area is 197 Å². The first-order chi connectivity index (χ1) is 16.3. The number of nitrogens with zero attached hydrogens (tertiary/aromatic N) is 2. The van der Waals surface area contributed by atoms with E-state index in [1.54, 1.807) is 49.4 Å². The monoisotopic (exact) mass is 473 g/mol. The Morgan fingerprint density at radius 3 is 2.06 bits per heavy atom. The van der Waals surface area contributed by atoms with Gasteiger partial charge in [0.15, 0.2) is 9.84 Å². The normalized spacial score (nSPS) is 11.1. The number of nitrogens with one attached hydrogen (secondary N) is 2. The summed E-state index contributed by atoms with van der Waals surface area (Å²) in [5, 5.41) is 6.38. The summed E-state index contributed by atoms with van der Waals surface area (Å²) in [6.07, 6.45) is 1.42. The van der Waals surface area contributed by atoms with Crippen LogP contribution >= 0.6 is 0 Å². The molecular weight excluding hydrogens is 450 g/mol. The lowest BCUT2D eigenvalue weighted by molar-refractivity contribution is 0.100. The summed E-state index contributed by atoms with van der Waals surface area (Å²) in [7, 11) is -3.30. The Morgan fingerprint density at radius 2 is 1.44 bits per heavy atom. The molecule has 0 saturated carbocycles. The van der Waals surface area contributed by atoms with Crippen molar-refractivity contribution >= 4 is 38.8 Å². The SMILES string of the molecule is CCS(=O)(=O)c1cccc(Nc2cc(Nc3cccc(-c4ccc(C(N)=O)cc4)c3)ncn2)c1. The first kappa shape index (κ1) is 22.9. The second-order valence-corrected chi connectivity index (χ2v) is 9.77. The molecule has 0 radical (unpaired) electrons. The van der Waals surface area contributed by atoms with Crippen molar-refractivity contribution in [3.63, 3.8) is 0 Å². The predicted octanol–water partition coefficient (Wildman–Crippen LogP) is 4.52. The van der Waals surface area contributed by atoms with Crippen LogP contribution in [-0.2, 0) is 9.84 Å². The molecular formula is C25H23N5O3S. The standard InChI is InChI=1S/C25H23N5O3S/c1-2-34(32,33)22-8-4-7-21(14-22)30-24-15-23(27-16-28-24)29-20-6-3-5-19(13-20)17-9-11-18(12-10-17)25(26)31/h3-16H,2H2,1H3,(H2,26,31)(H2,27,28,29,30). The third-order valence-electron chi connectivity index (χ3n) is 5.15. The fourth-order valence-corrected chi connectivity index (χ4v) is 4.25. The van der Waals surface area contributed by atoms with Gasteiger partial charge in [-0.3, -0.25) is 4.79 Å². The third-order valence-corrected chi connectivity index (χ3v) is 6.88. The van der Waals surface area contributed by atoms with Gasteiger partial charge < -0.3 is 16.4 Å². The molecule has 4 aromatic rings. The molecule has 0 aliphatic rings. The molecule has 8 nitrogen and oxygen atoms in total. The van der Waals surface area contributed by atoms with E-state index in [2.05, 4.69) is 20.6 Å². The summed E-state index contributed by atoms with van der Waals surface area (Å²) in [6.45, 7) is 1.61. The van der Waals surface area contributed by atoms with Gasteiger partial charge in [0.05, 0.1) is 10.6 Å². The Bertz CT molecular complexity index is 1440. The van der Waals surface area contributed by atoms with E-state index in [1.165, 1.54) is 6.33 Å². The minimum atomic E-state index is -3.30. The van der Waals surface area contributed by atoms with Crippen LogP contribution in [0.3, 0.4) is 0 Å². The molecule has 0 atom stereocenters. The Balaban J connectivity index is 1.52. The summed E-state index contributed by atoms with van der Waals surface area (Å²) >= 11 is 0. The van der Waals surface area contributed by atoms with Gasteiger partial charge in [0.25, 0.3) is 0 Å². The number of sulfone groups is 1. The van der Waals surface area contributed by atoms with Crippen molar-refractivity contribution in [1.29, 1.82) is 0 Å². The Hall–Kier alpha value is -4.24. The molecule has 1 aromatic heterocycles. The number of rotatable bonds is 8. The van der Waals surface area contributed by atoms with Crippen molar-refractivity contribution in [2.75, 3.05) is 16.4 Å². The molecule has 9 heteroatoms. The fraction of sp³-hybridized carbons (Fsp3) is 0.0800. The number of nitrogens with two attached hydrogens (primary N) is 1. The van der Waals surface area contributed by atoms with E-state index in [1.807, 2.05) is 36.4 Å². The van der Waals surface area contributed by atoms with Gasteiger partial charge in [0, 0.05) is 23.0 Å². The number of amides is 1. The highest BCUT2D eigenvalue weighted by atomic mass is 32.2. The zero-order chi connectivity index (χ0) is 24.1. The number of hydrogen-bond donors (Lipinski definition) is 3. The van der Waals surface area contributed by atoms with Crippen LogP contribution in [0, 0.1) is 0 Å². The zero-order valence-corrected chi connectivity index (χ0v) is 19.2. The van der Waals surface area contributed by atoms with Gasteiger partial charge in [-0.25, -0.2) is 18.4 Å². The maximum Gasteiger partial charge on any atom is 0.248 e. The molecule has 1 heterocycles. The molecule has 0 saturated heterocycles. The van der Waals surface area contributed by atoms with E-state index in [0.29, 0.717) is 22.9 Å². The van der Waals surface area contributed by atoms with Crippen LogP contribution in [0.25, 0.3) is 11.1 Å². The Morgan fingerprint density at radius 1 is 0.824 bits per heavy atom. The van der Waals surface area contributed by atoms with E-state index in [-0.39, 0.29) is 10.6 Å². The van der Waals surface area contributed by atoms with Crippen molar-refractivity contribution < 1.29 is 13.2 Å². The van der Waals surface area contributed by atoms with E-state index in [4.69, 9.17) is 5.73 Å². The van der Waals surface area contributed by atoms with Crippen LogP contribution in [0.4, 0.5) is 23.0 Å². The average Bonchev–Trinajstić information content (AvgIpc) is 2.85. The lowest BCUT2D eigenvalue weighted by Crippen LogP contribution is -2.10. The molecule has 0 aliphatic carbocycles. The number of carbonyl (C=O) groups is 1. The van der Waals surface area contributed by atoms with E-state index in [9.17, 15) is 13.2 Å². The van der Waals surface area contributed by atoms with Crippen molar-refractivity contribution in [2.24, 2.45) is 5.73 Å². The zero-order valence-electron chi connectivity index (χ0n) is 18.4. The van der Waals surface area contributed by atoms with Crippen LogP contribution in [0.2, 0.25) is 0 Å². The van der Waals surface area contributed by atoms with Gasteiger partial charge in [-0.15, -0.1) is 0 Å². The summed E-state index contributed by atoms with van der Waals surface area (Å²) in [6, 6.07) is 23.2. The number of aromatic nitrogens is 2. The highest BCUT2D eigenvalue weighted by Crippen LogP contribution is 2.26. The summed E-state index contributed by atoms with van der Waals surface area (Å²) in [5.74, 6) is 0.651. The van der Waals surface area contributed by atoms with E-state index >= 15 is 0 Å². The maximum absolute atomic E-state index is 12.2. The second kappa shape index (κ2) is 9.72. The topological polar surface area (TPSA) is 127 Å². The van der Waals surface area contributed by atoms with Gasteiger partial charge >= 0.3 is 0 Å². The van der Waals surface area contributed by atoms with Gasteiger partial charge in [-0.2, -0.15) is 0 Å². The summed E-state index contributed by atoms with van der Waals surface area (Å²) in [5.41, 5.74) is 9.10. The number of primary amides is 1.